The summed E-state index contributed by atoms with van der Waals surface area (Å²) in [7, 11) is 0. The molecule has 1 rings (SSSR count). The van der Waals surface area contributed by atoms with Gasteiger partial charge in [-0.25, -0.2) is 0 Å². The van der Waals surface area contributed by atoms with Crippen LogP contribution in [0.2, 0.25) is 0 Å². The SMILES string of the molecule is CC(C)(C)CCCCOCc1ccccn1. The molecule has 90 valence electrons. The van der Waals surface area contributed by atoms with Gasteiger partial charge in [-0.3, -0.25) is 4.98 Å². The van der Waals surface area contributed by atoms with E-state index in [1.807, 2.05) is 18.2 Å². The van der Waals surface area contributed by atoms with E-state index >= 15 is 0 Å². The molecule has 1 aromatic heterocycles. The van der Waals surface area contributed by atoms with Gasteiger partial charge in [0.05, 0.1) is 12.3 Å². The van der Waals surface area contributed by atoms with Crippen LogP contribution in [0.5, 0.6) is 0 Å². The molecule has 0 radical (unpaired) electrons. The summed E-state index contributed by atoms with van der Waals surface area (Å²) in [5.41, 5.74) is 1.46. The zero-order chi connectivity index (χ0) is 11.9. The number of pyridine rings is 1. The van der Waals surface area contributed by atoms with E-state index in [2.05, 4.69) is 25.8 Å². The van der Waals surface area contributed by atoms with Gasteiger partial charge < -0.3 is 4.74 Å². The second kappa shape index (κ2) is 6.64. The molecule has 0 N–H and O–H groups in total. The summed E-state index contributed by atoms with van der Waals surface area (Å²) in [5, 5.41) is 0. The van der Waals surface area contributed by atoms with Crippen molar-refractivity contribution in [3.8, 4) is 0 Å². The van der Waals surface area contributed by atoms with Gasteiger partial charge in [0.15, 0.2) is 0 Å². The number of ether oxygens (including phenoxy) is 1. The molecule has 0 atom stereocenters. The maximum atomic E-state index is 5.57. The van der Waals surface area contributed by atoms with Gasteiger partial charge in [0.1, 0.15) is 0 Å². The second-order valence-corrected chi connectivity index (χ2v) is 5.39. The third kappa shape index (κ3) is 6.57. The summed E-state index contributed by atoms with van der Waals surface area (Å²) in [6.45, 7) is 8.31. The van der Waals surface area contributed by atoms with E-state index in [-0.39, 0.29) is 0 Å². The largest absolute Gasteiger partial charge is 0.375 e. The van der Waals surface area contributed by atoms with Gasteiger partial charge in [0.25, 0.3) is 0 Å². The highest BCUT2D eigenvalue weighted by molar-refractivity contribution is 5.01. The second-order valence-electron chi connectivity index (χ2n) is 5.39. The summed E-state index contributed by atoms with van der Waals surface area (Å²) < 4.78 is 5.57. The molecule has 1 heterocycles. The van der Waals surface area contributed by atoms with Crippen molar-refractivity contribution < 1.29 is 4.74 Å². The van der Waals surface area contributed by atoms with E-state index in [1.165, 1.54) is 12.8 Å². The highest BCUT2D eigenvalue weighted by atomic mass is 16.5. The topological polar surface area (TPSA) is 22.1 Å². The summed E-state index contributed by atoms with van der Waals surface area (Å²) in [6.07, 6.45) is 5.45. The molecule has 0 fully saturated rings. The van der Waals surface area contributed by atoms with Crippen molar-refractivity contribution in [1.29, 1.82) is 0 Å². The Bertz CT molecular complexity index is 277. The van der Waals surface area contributed by atoms with Gasteiger partial charge in [0.2, 0.25) is 0 Å². The van der Waals surface area contributed by atoms with Gasteiger partial charge >= 0.3 is 0 Å². The summed E-state index contributed by atoms with van der Waals surface area (Å²) >= 11 is 0. The Hall–Kier alpha value is -0.890. The Balaban J connectivity index is 2.01. The molecule has 1 aromatic rings. The van der Waals surface area contributed by atoms with Crippen LogP contribution in [-0.4, -0.2) is 11.6 Å². The van der Waals surface area contributed by atoms with Gasteiger partial charge in [-0.1, -0.05) is 33.3 Å². The molecule has 0 unspecified atom stereocenters. The van der Waals surface area contributed by atoms with E-state index in [9.17, 15) is 0 Å². The van der Waals surface area contributed by atoms with Crippen LogP contribution in [0.1, 0.15) is 45.7 Å². The van der Waals surface area contributed by atoms with Crippen molar-refractivity contribution in [3.05, 3.63) is 30.1 Å². The zero-order valence-corrected chi connectivity index (χ0v) is 10.7. The van der Waals surface area contributed by atoms with Crippen LogP contribution in [0.3, 0.4) is 0 Å². The Kier molecular flexibility index (Phi) is 5.47. The first-order valence-electron chi connectivity index (χ1n) is 6.05. The first-order valence-corrected chi connectivity index (χ1v) is 6.05. The van der Waals surface area contributed by atoms with E-state index in [4.69, 9.17) is 4.74 Å². The van der Waals surface area contributed by atoms with Crippen LogP contribution >= 0.6 is 0 Å². The van der Waals surface area contributed by atoms with Crippen molar-refractivity contribution in [2.45, 2.75) is 46.6 Å². The maximum Gasteiger partial charge on any atom is 0.0887 e. The normalized spacial score (nSPS) is 11.7. The van der Waals surface area contributed by atoms with Crippen LogP contribution in [0, 0.1) is 5.41 Å². The monoisotopic (exact) mass is 221 g/mol. The number of rotatable bonds is 6. The van der Waals surface area contributed by atoms with Gasteiger partial charge in [0, 0.05) is 12.8 Å². The molecule has 0 amide bonds. The van der Waals surface area contributed by atoms with Crippen LogP contribution < -0.4 is 0 Å². The molecule has 0 aromatic carbocycles. The number of hydrogen-bond acceptors (Lipinski definition) is 2. The fraction of sp³-hybridized carbons (Fsp3) is 0.643. The Morgan fingerprint density at radius 1 is 1.19 bits per heavy atom. The minimum atomic E-state index is 0.445. The summed E-state index contributed by atoms with van der Waals surface area (Å²) in [4.78, 5) is 4.21. The minimum Gasteiger partial charge on any atom is -0.375 e. The number of hydrogen-bond donors (Lipinski definition) is 0. The third-order valence-electron chi connectivity index (χ3n) is 2.44. The molecule has 2 heteroatoms. The average molecular weight is 221 g/mol. The lowest BCUT2D eigenvalue weighted by Gasteiger charge is -2.17. The minimum absolute atomic E-state index is 0.445. The Labute approximate surface area is 99.0 Å². The molecule has 0 aliphatic carbocycles. The lowest BCUT2D eigenvalue weighted by atomic mass is 9.90. The molecule has 0 saturated carbocycles. The molecule has 16 heavy (non-hydrogen) atoms. The van der Waals surface area contributed by atoms with E-state index in [1.54, 1.807) is 6.20 Å². The van der Waals surface area contributed by atoms with Gasteiger partial charge in [-0.2, -0.15) is 0 Å². The van der Waals surface area contributed by atoms with Crippen LogP contribution in [0.4, 0.5) is 0 Å². The summed E-state index contributed by atoms with van der Waals surface area (Å²) in [6, 6.07) is 5.91. The van der Waals surface area contributed by atoms with Crippen molar-refractivity contribution in [2.24, 2.45) is 5.41 Å². The standard InChI is InChI=1S/C14H23NO/c1-14(2,3)9-5-7-11-16-12-13-8-4-6-10-15-13/h4,6,8,10H,5,7,9,11-12H2,1-3H3. The van der Waals surface area contributed by atoms with Crippen molar-refractivity contribution >= 4 is 0 Å². The van der Waals surface area contributed by atoms with Crippen molar-refractivity contribution in [3.63, 3.8) is 0 Å². The zero-order valence-electron chi connectivity index (χ0n) is 10.7. The van der Waals surface area contributed by atoms with Crippen LogP contribution in [0.15, 0.2) is 24.4 Å². The Morgan fingerprint density at radius 2 is 2.00 bits per heavy atom. The maximum absolute atomic E-state index is 5.57. The highest BCUT2D eigenvalue weighted by Crippen LogP contribution is 2.21. The fourth-order valence-electron chi connectivity index (χ4n) is 1.52. The van der Waals surface area contributed by atoms with E-state index in [0.29, 0.717) is 12.0 Å². The summed E-state index contributed by atoms with van der Waals surface area (Å²) in [5.74, 6) is 0. The molecule has 0 spiro atoms. The van der Waals surface area contributed by atoms with Gasteiger partial charge in [-0.15, -0.1) is 0 Å². The molecular formula is C14H23NO. The van der Waals surface area contributed by atoms with Crippen LogP contribution in [0.25, 0.3) is 0 Å². The molecule has 0 bridgehead atoms. The molecule has 0 aliphatic heterocycles. The van der Waals surface area contributed by atoms with E-state index < -0.39 is 0 Å². The predicted octanol–water partition coefficient (Wildman–Crippen LogP) is 3.81. The Morgan fingerprint density at radius 3 is 2.62 bits per heavy atom. The number of aromatic nitrogens is 1. The van der Waals surface area contributed by atoms with E-state index in [0.717, 1.165) is 18.7 Å². The third-order valence-corrected chi connectivity index (χ3v) is 2.44. The molecule has 0 aliphatic rings. The van der Waals surface area contributed by atoms with Crippen LogP contribution in [-0.2, 0) is 11.3 Å². The number of unbranched alkanes of at least 4 members (excludes halogenated alkanes) is 1. The first-order chi connectivity index (χ1) is 7.58. The molecule has 0 saturated heterocycles. The fourth-order valence-corrected chi connectivity index (χ4v) is 1.52. The molecule has 2 nitrogen and oxygen atoms in total. The lowest BCUT2D eigenvalue weighted by Crippen LogP contribution is -2.05. The van der Waals surface area contributed by atoms with Crippen molar-refractivity contribution in [1.82, 2.24) is 4.98 Å². The number of nitrogens with zero attached hydrogens (tertiary/aromatic N) is 1. The quantitative estimate of drug-likeness (QED) is 0.681. The smallest absolute Gasteiger partial charge is 0.0887 e. The predicted molar refractivity (Wildman–Crippen MR) is 67.2 cm³/mol. The van der Waals surface area contributed by atoms with Crippen molar-refractivity contribution in [2.75, 3.05) is 6.61 Å². The lowest BCUT2D eigenvalue weighted by molar-refractivity contribution is 0.112. The average Bonchev–Trinajstić information content (AvgIpc) is 2.23. The first kappa shape index (κ1) is 13.2. The highest BCUT2D eigenvalue weighted by Gasteiger charge is 2.08. The molecular weight excluding hydrogens is 198 g/mol. The van der Waals surface area contributed by atoms with Gasteiger partial charge in [-0.05, 0) is 30.4 Å².